The molecule has 2 amide bonds. The highest BCUT2D eigenvalue weighted by Gasteiger charge is 2.36. The first-order valence-corrected chi connectivity index (χ1v) is 7.98. The Labute approximate surface area is 116 Å². The zero-order valence-electron chi connectivity index (χ0n) is 12.4. The zero-order valence-corrected chi connectivity index (χ0v) is 13.4. The number of carbonyl (C=O) groups is 2. The van der Waals surface area contributed by atoms with Gasteiger partial charge < -0.3 is 29.1 Å². The van der Waals surface area contributed by atoms with Crippen molar-refractivity contribution in [1.82, 2.24) is 5.32 Å². The summed E-state index contributed by atoms with van der Waals surface area (Å²) in [5, 5.41) is 2.48. The van der Waals surface area contributed by atoms with Gasteiger partial charge in [-0.2, -0.15) is 0 Å². The van der Waals surface area contributed by atoms with Gasteiger partial charge in [0.2, 0.25) is 0 Å². The highest BCUT2D eigenvalue weighted by atomic mass is 28.4. The van der Waals surface area contributed by atoms with Crippen molar-refractivity contribution in [2.24, 2.45) is 5.73 Å². The number of ketones is 1. The minimum absolute atomic E-state index is 0.255. The van der Waals surface area contributed by atoms with Crippen LogP contribution in [0.15, 0.2) is 0 Å². The molecule has 0 fully saturated rings. The lowest BCUT2D eigenvalue weighted by Crippen LogP contribution is -2.43. The summed E-state index contributed by atoms with van der Waals surface area (Å²) in [4.78, 5) is 20.2. The SMILES string of the molecule is CCC(C)=O.CO[Si](CCCNC(N)=O)(OC)OC. The first-order chi connectivity index (χ1) is 8.87. The van der Waals surface area contributed by atoms with E-state index in [-0.39, 0.29) is 5.78 Å². The fourth-order valence-corrected chi connectivity index (χ4v) is 2.79. The van der Waals surface area contributed by atoms with Crippen LogP contribution in [0.2, 0.25) is 6.04 Å². The topological polar surface area (TPSA) is 99.9 Å². The lowest BCUT2D eigenvalue weighted by Gasteiger charge is -2.24. The predicted octanol–water partition coefficient (Wildman–Crippen LogP) is 0.908. The van der Waals surface area contributed by atoms with Crippen LogP contribution in [0.4, 0.5) is 4.79 Å². The Morgan fingerprint density at radius 3 is 1.84 bits per heavy atom. The van der Waals surface area contributed by atoms with Crippen LogP contribution in [-0.4, -0.2) is 48.5 Å². The number of amides is 2. The van der Waals surface area contributed by atoms with Gasteiger partial charge in [-0.3, -0.25) is 0 Å². The Bertz CT molecular complexity index is 251. The van der Waals surface area contributed by atoms with E-state index in [2.05, 4.69) is 5.32 Å². The summed E-state index contributed by atoms with van der Waals surface area (Å²) in [6, 6.07) is 0.126. The Morgan fingerprint density at radius 1 is 1.16 bits per heavy atom. The van der Waals surface area contributed by atoms with Crippen LogP contribution in [-0.2, 0) is 18.1 Å². The monoisotopic (exact) mass is 294 g/mol. The summed E-state index contributed by atoms with van der Waals surface area (Å²) >= 11 is 0. The van der Waals surface area contributed by atoms with E-state index in [1.807, 2.05) is 6.92 Å². The van der Waals surface area contributed by atoms with Crippen molar-refractivity contribution in [3.63, 3.8) is 0 Å². The van der Waals surface area contributed by atoms with Crippen LogP contribution in [0, 0.1) is 0 Å². The molecule has 0 radical (unpaired) electrons. The molecule has 114 valence electrons. The van der Waals surface area contributed by atoms with Gasteiger partial charge in [0, 0.05) is 40.3 Å². The maximum Gasteiger partial charge on any atom is 0.500 e. The van der Waals surface area contributed by atoms with Crippen LogP contribution in [0.5, 0.6) is 0 Å². The lowest BCUT2D eigenvalue weighted by atomic mass is 10.4. The molecule has 7 nitrogen and oxygen atoms in total. The lowest BCUT2D eigenvalue weighted by molar-refractivity contribution is -0.116. The van der Waals surface area contributed by atoms with Gasteiger partial charge in [0.15, 0.2) is 0 Å². The minimum Gasteiger partial charge on any atom is -0.377 e. The normalized spacial score (nSPS) is 10.4. The molecule has 0 saturated heterocycles. The quantitative estimate of drug-likeness (QED) is 0.512. The predicted molar refractivity (Wildman–Crippen MR) is 74.8 cm³/mol. The largest absolute Gasteiger partial charge is 0.500 e. The van der Waals surface area contributed by atoms with Crippen LogP contribution in [0.3, 0.4) is 0 Å². The molecule has 0 aromatic rings. The summed E-state index contributed by atoms with van der Waals surface area (Å²) in [5.41, 5.74) is 4.91. The van der Waals surface area contributed by atoms with E-state index in [4.69, 9.17) is 19.0 Å². The maximum absolute atomic E-state index is 10.4. The molecule has 0 aliphatic carbocycles. The van der Waals surface area contributed by atoms with Gasteiger partial charge in [-0.05, 0) is 13.3 Å². The van der Waals surface area contributed by atoms with Crippen molar-refractivity contribution < 1.29 is 22.9 Å². The number of nitrogens with one attached hydrogen (secondary N) is 1. The molecule has 0 bridgehead atoms. The van der Waals surface area contributed by atoms with Crippen LogP contribution in [0.25, 0.3) is 0 Å². The summed E-state index contributed by atoms with van der Waals surface area (Å²) < 4.78 is 15.6. The molecule has 19 heavy (non-hydrogen) atoms. The third kappa shape index (κ3) is 11.8. The third-order valence-corrected chi connectivity index (χ3v) is 5.22. The molecule has 0 rings (SSSR count). The number of nitrogens with two attached hydrogens (primary N) is 1. The van der Waals surface area contributed by atoms with Crippen LogP contribution in [0.1, 0.15) is 26.7 Å². The second kappa shape index (κ2) is 12.1. The summed E-state index contributed by atoms with van der Waals surface area (Å²) in [7, 11) is 2.19. The standard InChI is InChI=1S/C7H18N2O4Si.C4H8O/c1-11-14(12-2,13-3)6-4-5-9-7(8)10;1-3-4(2)5/h4-6H2,1-3H3,(H3,8,9,10);3H2,1-2H3. The van der Waals surface area contributed by atoms with Gasteiger partial charge in [0.05, 0.1) is 0 Å². The van der Waals surface area contributed by atoms with E-state index in [0.717, 1.165) is 0 Å². The molecule has 0 aliphatic rings. The Balaban J connectivity index is 0. The van der Waals surface area contributed by atoms with E-state index in [0.29, 0.717) is 25.4 Å². The summed E-state index contributed by atoms with van der Waals surface area (Å²) in [6.07, 6.45) is 1.38. The van der Waals surface area contributed by atoms with Gasteiger partial charge in [-0.1, -0.05) is 6.92 Å². The molecule has 0 aliphatic heterocycles. The summed E-state index contributed by atoms with van der Waals surface area (Å²) in [5.74, 6) is 0.255. The molecular formula is C11H26N2O5Si. The van der Waals surface area contributed by atoms with Crippen LogP contribution >= 0.6 is 0 Å². The van der Waals surface area contributed by atoms with E-state index in [1.54, 1.807) is 28.3 Å². The second-order valence-electron chi connectivity index (χ2n) is 3.75. The number of carbonyl (C=O) groups excluding carboxylic acids is 2. The fraction of sp³-hybridized carbons (Fsp3) is 0.818. The number of rotatable bonds is 8. The van der Waals surface area contributed by atoms with Gasteiger partial charge in [-0.25, -0.2) is 4.79 Å². The van der Waals surface area contributed by atoms with Gasteiger partial charge in [-0.15, -0.1) is 0 Å². The van der Waals surface area contributed by atoms with Gasteiger partial charge >= 0.3 is 14.8 Å². The smallest absolute Gasteiger partial charge is 0.377 e. The molecule has 0 aromatic heterocycles. The van der Waals surface area contributed by atoms with Crippen molar-refractivity contribution in [2.45, 2.75) is 32.7 Å². The first-order valence-electron chi connectivity index (χ1n) is 6.05. The van der Waals surface area contributed by atoms with E-state index in [9.17, 15) is 9.59 Å². The van der Waals surface area contributed by atoms with Crippen molar-refractivity contribution in [1.29, 1.82) is 0 Å². The Hall–Kier alpha value is -0.963. The zero-order chi connectivity index (χ0) is 15.3. The maximum atomic E-state index is 10.4. The molecule has 8 heteroatoms. The fourth-order valence-electron chi connectivity index (χ4n) is 1.07. The van der Waals surface area contributed by atoms with Crippen LogP contribution < -0.4 is 11.1 Å². The average molecular weight is 294 g/mol. The molecule has 0 atom stereocenters. The molecule has 0 aromatic carbocycles. The molecule has 0 spiro atoms. The first kappa shape index (κ1) is 20.4. The van der Waals surface area contributed by atoms with E-state index in [1.165, 1.54) is 0 Å². The van der Waals surface area contributed by atoms with Gasteiger partial charge in [0.25, 0.3) is 0 Å². The Kier molecular flexibility index (Phi) is 13.0. The van der Waals surface area contributed by atoms with Crippen molar-refractivity contribution in [2.75, 3.05) is 27.9 Å². The molecule has 0 heterocycles. The van der Waals surface area contributed by atoms with Crippen molar-refractivity contribution in [3.05, 3.63) is 0 Å². The van der Waals surface area contributed by atoms with E-state index >= 15 is 0 Å². The number of hydrogen-bond donors (Lipinski definition) is 2. The van der Waals surface area contributed by atoms with Gasteiger partial charge in [0.1, 0.15) is 5.78 Å². The second-order valence-corrected chi connectivity index (χ2v) is 6.84. The van der Waals surface area contributed by atoms with Crippen molar-refractivity contribution in [3.8, 4) is 0 Å². The molecule has 0 unspecified atom stereocenters. The third-order valence-electron chi connectivity index (χ3n) is 2.39. The van der Waals surface area contributed by atoms with E-state index < -0.39 is 14.8 Å². The molecule has 0 saturated carbocycles. The van der Waals surface area contributed by atoms with Crippen molar-refractivity contribution >= 4 is 20.6 Å². The number of urea groups is 1. The highest BCUT2D eigenvalue weighted by molar-refractivity contribution is 6.60. The Morgan fingerprint density at radius 2 is 1.58 bits per heavy atom. The molecule has 3 N–H and O–H groups in total. The number of Topliss-reactive ketones (excluding diaryl/α,β-unsaturated/α-hetero) is 1. The highest BCUT2D eigenvalue weighted by Crippen LogP contribution is 2.14. The number of hydrogen-bond acceptors (Lipinski definition) is 5. The minimum atomic E-state index is -2.48. The molecular weight excluding hydrogens is 268 g/mol. The summed E-state index contributed by atoms with van der Waals surface area (Å²) in [6.45, 7) is 3.93. The number of primary amides is 1. The average Bonchev–Trinajstić information content (AvgIpc) is 2.40.